The zero-order chi connectivity index (χ0) is 13.0. The zero-order valence-corrected chi connectivity index (χ0v) is 11.1. The number of nitrogens with zero attached hydrogens (tertiary/aromatic N) is 1. The van der Waals surface area contributed by atoms with Crippen molar-refractivity contribution in [3.05, 3.63) is 30.1 Å². The normalized spacial score (nSPS) is 43.4. The summed E-state index contributed by atoms with van der Waals surface area (Å²) >= 11 is 0. The Morgan fingerprint density at radius 3 is 2.53 bits per heavy atom. The molecule has 1 aromatic heterocycles. The van der Waals surface area contributed by atoms with Crippen LogP contribution in [0, 0.1) is 23.7 Å². The molecule has 4 fully saturated rings. The average Bonchev–Trinajstić information content (AvgIpc) is 2.38. The summed E-state index contributed by atoms with van der Waals surface area (Å²) in [5.41, 5.74) is 6.83. The molecule has 5 rings (SSSR count). The van der Waals surface area contributed by atoms with Gasteiger partial charge in [-0.1, -0.05) is 6.07 Å². The molecule has 100 valence electrons. The number of nitrogens with two attached hydrogens (primary N) is 1. The number of carbonyl (C=O) groups excluding carboxylic acids is 1. The van der Waals surface area contributed by atoms with Crippen LogP contribution >= 0.6 is 0 Å². The average molecular weight is 256 g/mol. The van der Waals surface area contributed by atoms with E-state index in [4.69, 9.17) is 5.73 Å². The zero-order valence-electron chi connectivity index (χ0n) is 11.1. The minimum absolute atomic E-state index is 0.00944. The summed E-state index contributed by atoms with van der Waals surface area (Å²) < 4.78 is 0. The molecule has 3 unspecified atom stereocenters. The standard InChI is InChI=1S/C16H20N2O/c17-15(19)14-12-6-10-5-11(7-12)9-16(14,8-10)13-3-1-2-4-18-13/h1-4,10-12,14H,5-9H2,(H2,17,19). The van der Waals surface area contributed by atoms with Gasteiger partial charge in [-0.2, -0.15) is 0 Å². The first kappa shape index (κ1) is 11.4. The number of rotatable bonds is 2. The van der Waals surface area contributed by atoms with E-state index < -0.39 is 0 Å². The molecule has 4 saturated carbocycles. The number of carbonyl (C=O) groups is 1. The van der Waals surface area contributed by atoms with Crippen molar-refractivity contribution in [3.63, 3.8) is 0 Å². The molecular weight excluding hydrogens is 236 g/mol. The lowest BCUT2D eigenvalue weighted by molar-refractivity contribution is -0.138. The molecule has 4 bridgehead atoms. The molecular formula is C16H20N2O. The van der Waals surface area contributed by atoms with Crippen molar-refractivity contribution in [2.75, 3.05) is 0 Å². The largest absolute Gasteiger partial charge is 0.369 e. The highest BCUT2D eigenvalue weighted by Gasteiger charge is 2.60. The Bertz CT molecular complexity index is 499. The summed E-state index contributed by atoms with van der Waals surface area (Å²) in [4.78, 5) is 16.7. The Morgan fingerprint density at radius 2 is 1.95 bits per heavy atom. The van der Waals surface area contributed by atoms with Crippen LogP contribution in [0.25, 0.3) is 0 Å². The van der Waals surface area contributed by atoms with Gasteiger partial charge in [0.25, 0.3) is 0 Å². The van der Waals surface area contributed by atoms with E-state index in [2.05, 4.69) is 11.1 Å². The van der Waals surface area contributed by atoms with E-state index in [9.17, 15) is 4.79 Å². The first-order valence-electron chi connectivity index (χ1n) is 7.40. The van der Waals surface area contributed by atoms with Crippen LogP contribution in [0.4, 0.5) is 0 Å². The molecule has 0 spiro atoms. The van der Waals surface area contributed by atoms with Gasteiger partial charge in [-0.3, -0.25) is 9.78 Å². The van der Waals surface area contributed by atoms with E-state index in [0.717, 1.165) is 30.4 Å². The molecule has 0 aromatic carbocycles. The van der Waals surface area contributed by atoms with Crippen LogP contribution in [0.2, 0.25) is 0 Å². The predicted octanol–water partition coefficient (Wildman–Crippen LogP) is 2.26. The lowest BCUT2D eigenvalue weighted by atomic mass is 9.44. The van der Waals surface area contributed by atoms with E-state index >= 15 is 0 Å². The highest BCUT2D eigenvalue weighted by Crippen LogP contribution is 2.63. The van der Waals surface area contributed by atoms with Crippen molar-refractivity contribution in [2.45, 2.75) is 37.5 Å². The molecule has 1 aromatic rings. The van der Waals surface area contributed by atoms with Crippen molar-refractivity contribution >= 4 is 5.91 Å². The van der Waals surface area contributed by atoms with Gasteiger partial charge in [-0.25, -0.2) is 0 Å². The molecule has 3 heteroatoms. The molecule has 4 aliphatic rings. The Labute approximate surface area is 113 Å². The van der Waals surface area contributed by atoms with Crippen LogP contribution < -0.4 is 5.73 Å². The minimum atomic E-state index is -0.102. The fraction of sp³-hybridized carbons (Fsp3) is 0.625. The Balaban J connectivity index is 1.85. The maximum atomic E-state index is 12.1. The van der Waals surface area contributed by atoms with Gasteiger partial charge < -0.3 is 5.73 Å². The number of aromatic nitrogens is 1. The minimum Gasteiger partial charge on any atom is -0.369 e. The molecule has 3 atom stereocenters. The molecule has 4 aliphatic carbocycles. The van der Waals surface area contributed by atoms with Crippen LogP contribution in [-0.2, 0) is 10.2 Å². The second kappa shape index (κ2) is 3.81. The Hall–Kier alpha value is -1.38. The second-order valence-corrected chi connectivity index (χ2v) is 6.86. The molecule has 1 amide bonds. The first-order valence-corrected chi connectivity index (χ1v) is 7.40. The van der Waals surface area contributed by atoms with E-state index in [1.807, 2.05) is 18.3 Å². The van der Waals surface area contributed by atoms with Crippen molar-refractivity contribution in [1.82, 2.24) is 4.98 Å². The second-order valence-electron chi connectivity index (χ2n) is 6.86. The number of hydrogen-bond donors (Lipinski definition) is 1. The number of pyridine rings is 1. The fourth-order valence-corrected chi connectivity index (χ4v) is 5.57. The molecule has 19 heavy (non-hydrogen) atoms. The fourth-order valence-electron chi connectivity index (χ4n) is 5.57. The van der Waals surface area contributed by atoms with Gasteiger partial charge in [-0.15, -0.1) is 0 Å². The SMILES string of the molecule is NC(=O)C1C2CC3CC(C2)CC1(c1ccccn1)C3. The van der Waals surface area contributed by atoms with Crippen molar-refractivity contribution < 1.29 is 4.79 Å². The maximum Gasteiger partial charge on any atom is 0.221 e. The smallest absolute Gasteiger partial charge is 0.221 e. The van der Waals surface area contributed by atoms with Gasteiger partial charge in [0, 0.05) is 17.3 Å². The highest BCUT2D eigenvalue weighted by atomic mass is 16.1. The number of primary amides is 1. The van der Waals surface area contributed by atoms with Crippen LogP contribution in [0.3, 0.4) is 0 Å². The van der Waals surface area contributed by atoms with E-state index in [1.54, 1.807) is 0 Å². The van der Waals surface area contributed by atoms with Crippen LogP contribution in [0.5, 0.6) is 0 Å². The summed E-state index contributed by atoms with van der Waals surface area (Å²) in [7, 11) is 0. The third kappa shape index (κ3) is 1.50. The molecule has 1 heterocycles. The van der Waals surface area contributed by atoms with E-state index in [0.29, 0.717) is 5.92 Å². The van der Waals surface area contributed by atoms with Crippen LogP contribution in [0.15, 0.2) is 24.4 Å². The molecule has 2 N–H and O–H groups in total. The first-order chi connectivity index (χ1) is 9.19. The molecule has 0 aliphatic heterocycles. The number of amides is 1. The Morgan fingerprint density at radius 1 is 1.21 bits per heavy atom. The third-order valence-corrected chi connectivity index (χ3v) is 5.79. The maximum absolute atomic E-state index is 12.1. The highest BCUT2D eigenvalue weighted by molar-refractivity contribution is 5.79. The van der Waals surface area contributed by atoms with Gasteiger partial charge >= 0.3 is 0 Å². The van der Waals surface area contributed by atoms with Gasteiger partial charge in [-0.05, 0) is 62.0 Å². The van der Waals surface area contributed by atoms with Crippen molar-refractivity contribution in [3.8, 4) is 0 Å². The molecule has 3 nitrogen and oxygen atoms in total. The number of hydrogen-bond acceptors (Lipinski definition) is 2. The molecule has 0 saturated heterocycles. The lowest BCUT2D eigenvalue weighted by Gasteiger charge is -2.60. The van der Waals surface area contributed by atoms with Gasteiger partial charge in [0.2, 0.25) is 5.91 Å². The van der Waals surface area contributed by atoms with Gasteiger partial charge in [0.1, 0.15) is 0 Å². The van der Waals surface area contributed by atoms with E-state index in [-0.39, 0.29) is 17.2 Å². The van der Waals surface area contributed by atoms with Crippen molar-refractivity contribution in [1.29, 1.82) is 0 Å². The quantitative estimate of drug-likeness (QED) is 0.882. The van der Waals surface area contributed by atoms with E-state index in [1.165, 1.54) is 19.3 Å². The Kier molecular flexibility index (Phi) is 2.30. The third-order valence-electron chi connectivity index (χ3n) is 5.79. The van der Waals surface area contributed by atoms with Crippen LogP contribution in [-0.4, -0.2) is 10.9 Å². The summed E-state index contributed by atoms with van der Waals surface area (Å²) in [6, 6.07) is 6.09. The predicted molar refractivity (Wildman–Crippen MR) is 72.2 cm³/mol. The van der Waals surface area contributed by atoms with Crippen molar-refractivity contribution in [2.24, 2.45) is 29.4 Å². The summed E-state index contributed by atoms with van der Waals surface area (Å²) in [6.07, 6.45) is 7.86. The summed E-state index contributed by atoms with van der Waals surface area (Å²) in [6.45, 7) is 0. The summed E-state index contributed by atoms with van der Waals surface area (Å²) in [5, 5.41) is 0. The lowest BCUT2D eigenvalue weighted by Crippen LogP contribution is -2.59. The van der Waals surface area contributed by atoms with Gasteiger partial charge in [0.15, 0.2) is 0 Å². The monoisotopic (exact) mass is 256 g/mol. The summed E-state index contributed by atoms with van der Waals surface area (Å²) in [5.74, 6) is 1.99. The molecule has 0 radical (unpaired) electrons. The van der Waals surface area contributed by atoms with Gasteiger partial charge in [0.05, 0.1) is 5.92 Å². The van der Waals surface area contributed by atoms with Crippen LogP contribution in [0.1, 0.15) is 37.8 Å². The topological polar surface area (TPSA) is 56.0 Å².